The molecule has 1 aromatic carbocycles. The molecule has 0 N–H and O–H groups in total. The first-order valence-corrected chi connectivity index (χ1v) is 8.02. The Bertz CT molecular complexity index is 459. The molecule has 0 saturated carbocycles. The second-order valence-corrected chi connectivity index (χ2v) is 6.42. The fourth-order valence-electron chi connectivity index (χ4n) is 3.62. The normalized spacial score (nSPS) is 27.4. The number of piperazine rings is 1. The molecule has 1 aromatic rings. The molecule has 0 bridgehead atoms. The first-order chi connectivity index (χ1) is 9.67. The van der Waals surface area contributed by atoms with E-state index in [0.29, 0.717) is 17.1 Å². The van der Waals surface area contributed by atoms with E-state index in [4.69, 9.17) is 11.6 Å². The summed E-state index contributed by atoms with van der Waals surface area (Å²) in [7, 11) is 0. The first-order valence-electron chi connectivity index (χ1n) is 7.64. The van der Waals surface area contributed by atoms with Gasteiger partial charge in [-0.25, -0.2) is 4.39 Å². The number of rotatable bonds is 2. The van der Waals surface area contributed by atoms with Crippen LogP contribution in [0.15, 0.2) is 18.2 Å². The Morgan fingerprint density at radius 1 is 1.25 bits per heavy atom. The van der Waals surface area contributed by atoms with Crippen LogP contribution in [0.2, 0.25) is 5.02 Å². The van der Waals surface area contributed by atoms with Gasteiger partial charge >= 0.3 is 0 Å². The van der Waals surface area contributed by atoms with Crippen LogP contribution in [0, 0.1) is 5.82 Å². The monoisotopic (exact) mass is 296 g/mol. The highest BCUT2D eigenvalue weighted by Gasteiger charge is 2.34. The standard InChI is InChI=1S/C16H22ClFN2/c1-2-14-10-19-6-4-3-5-15(19)11-20(14)16-8-12(17)7-13(18)9-16/h7-9,14-15H,2-6,10-11H2,1H3. The van der Waals surface area contributed by atoms with Crippen molar-refractivity contribution in [3.63, 3.8) is 0 Å². The van der Waals surface area contributed by atoms with Gasteiger partial charge in [0.1, 0.15) is 5.82 Å². The molecule has 2 aliphatic rings. The van der Waals surface area contributed by atoms with Crippen LogP contribution in [0.5, 0.6) is 0 Å². The summed E-state index contributed by atoms with van der Waals surface area (Å²) in [5.74, 6) is -0.242. The van der Waals surface area contributed by atoms with Gasteiger partial charge in [-0.3, -0.25) is 4.90 Å². The van der Waals surface area contributed by atoms with Crippen LogP contribution in [0.3, 0.4) is 0 Å². The van der Waals surface area contributed by atoms with Crippen LogP contribution >= 0.6 is 11.6 Å². The van der Waals surface area contributed by atoms with Crippen LogP contribution in [0.4, 0.5) is 10.1 Å². The molecule has 2 nitrogen and oxygen atoms in total. The second-order valence-electron chi connectivity index (χ2n) is 5.99. The molecule has 0 spiro atoms. The largest absolute Gasteiger partial charge is 0.366 e. The minimum Gasteiger partial charge on any atom is -0.366 e. The Kier molecular flexibility index (Phi) is 4.18. The molecule has 2 heterocycles. The van der Waals surface area contributed by atoms with Crippen LogP contribution < -0.4 is 4.90 Å². The van der Waals surface area contributed by atoms with Crippen molar-refractivity contribution in [1.29, 1.82) is 0 Å². The molecule has 20 heavy (non-hydrogen) atoms. The number of benzene rings is 1. The first kappa shape index (κ1) is 14.2. The third-order valence-corrected chi connectivity index (χ3v) is 4.91. The number of hydrogen-bond donors (Lipinski definition) is 0. The van der Waals surface area contributed by atoms with E-state index >= 15 is 0 Å². The summed E-state index contributed by atoms with van der Waals surface area (Å²) in [6.45, 7) is 5.52. The Morgan fingerprint density at radius 2 is 2.10 bits per heavy atom. The van der Waals surface area contributed by atoms with Crippen LogP contribution in [-0.2, 0) is 0 Å². The van der Waals surface area contributed by atoms with Gasteiger partial charge in [0, 0.05) is 35.9 Å². The van der Waals surface area contributed by atoms with E-state index in [-0.39, 0.29) is 5.82 Å². The molecule has 2 unspecified atom stereocenters. The summed E-state index contributed by atoms with van der Waals surface area (Å²) >= 11 is 6.02. The summed E-state index contributed by atoms with van der Waals surface area (Å²) in [5.41, 5.74) is 0.937. The highest BCUT2D eigenvalue weighted by molar-refractivity contribution is 6.30. The van der Waals surface area contributed by atoms with Gasteiger partial charge in [-0.2, -0.15) is 0 Å². The number of piperidine rings is 1. The molecule has 3 rings (SSSR count). The van der Waals surface area contributed by atoms with E-state index in [1.165, 1.54) is 31.9 Å². The van der Waals surface area contributed by atoms with Gasteiger partial charge in [-0.1, -0.05) is 24.9 Å². The molecule has 0 amide bonds. The number of anilines is 1. The number of nitrogens with zero attached hydrogens (tertiary/aromatic N) is 2. The van der Waals surface area contributed by atoms with Gasteiger partial charge < -0.3 is 4.90 Å². The van der Waals surface area contributed by atoms with E-state index in [0.717, 1.165) is 25.2 Å². The lowest BCUT2D eigenvalue weighted by Gasteiger charge is -2.49. The molecular formula is C16H22ClFN2. The maximum atomic E-state index is 13.6. The van der Waals surface area contributed by atoms with E-state index in [9.17, 15) is 4.39 Å². The summed E-state index contributed by atoms with van der Waals surface area (Å²) in [6.07, 6.45) is 4.97. The van der Waals surface area contributed by atoms with Crippen molar-refractivity contribution < 1.29 is 4.39 Å². The highest BCUT2D eigenvalue weighted by atomic mass is 35.5. The van der Waals surface area contributed by atoms with Gasteiger partial charge in [-0.15, -0.1) is 0 Å². The van der Waals surface area contributed by atoms with E-state index in [2.05, 4.69) is 16.7 Å². The van der Waals surface area contributed by atoms with Gasteiger partial charge in [0.2, 0.25) is 0 Å². The van der Waals surface area contributed by atoms with Crippen LogP contribution in [0.1, 0.15) is 32.6 Å². The van der Waals surface area contributed by atoms with Gasteiger partial charge in [-0.05, 0) is 44.0 Å². The van der Waals surface area contributed by atoms with Gasteiger partial charge in [0.05, 0.1) is 0 Å². The molecule has 0 radical (unpaired) electrons. The average Bonchev–Trinajstić information content (AvgIpc) is 2.44. The Labute approximate surface area is 125 Å². The van der Waals surface area contributed by atoms with E-state index < -0.39 is 0 Å². The van der Waals surface area contributed by atoms with E-state index in [1.54, 1.807) is 6.07 Å². The number of fused-ring (bicyclic) bond motifs is 1. The lowest BCUT2D eigenvalue weighted by molar-refractivity contribution is 0.111. The third-order valence-electron chi connectivity index (χ3n) is 4.69. The zero-order valence-corrected chi connectivity index (χ0v) is 12.7. The van der Waals surface area contributed by atoms with Crippen molar-refractivity contribution in [2.24, 2.45) is 0 Å². The zero-order chi connectivity index (χ0) is 14.1. The molecular weight excluding hydrogens is 275 g/mol. The third kappa shape index (κ3) is 2.79. The molecule has 2 aliphatic heterocycles. The predicted molar refractivity (Wildman–Crippen MR) is 82.0 cm³/mol. The van der Waals surface area contributed by atoms with Crippen LogP contribution in [-0.4, -0.2) is 36.6 Å². The second kappa shape index (κ2) is 5.90. The minimum absolute atomic E-state index is 0.242. The van der Waals surface area contributed by atoms with Crippen molar-refractivity contribution >= 4 is 17.3 Å². The minimum atomic E-state index is -0.242. The number of hydrogen-bond acceptors (Lipinski definition) is 2. The fourth-order valence-corrected chi connectivity index (χ4v) is 3.84. The molecule has 0 aliphatic carbocycles. The van der Waals surface area contributed by atoms with Gasteiger partial charge in [0.25, 0.3) is 0 Å². The van der Waals surface area contributed by atoms with Gasteiger partial charge in [0.15, 0.2) is 0 Å². The van der Waals surface area contributed by atoms with Crippen molar-refractivity contribution in [2.45, 2.75) is 44.7 Å². The van der Waals surface area contributed by atoms with E-state index in [1.807, 2.05) is 6.07 Å². The molecule has 0 aromatic heterocycles. The number of halogens is 2. The summed E-state index contributed by atoms with van der Waals surface area (Å²) in [4.78, 5) is 4.98. The van der Waals surface area contributed by atoms with Crippen molar-refractivity contribution in [1.82, 2.24) is 4.90 Å². The maximum Gasteiger partial charge on any atom is 0.126 e. The molecule has 4 heteroatoms. The maximum absolute atomic E-state index is 13.6. The molecule has 2 saturated heterocycles. The smallest absolute Gasteiger partial charge is 0.126 e. The SMILES string of the molecule is CCC1CN2CCCCC2CN1c1cc(F)cc(Cl)c1. The van der Waals surface area contributed by atoms with Crippen molar-refractivity contribution in [2.75, 3.05) is 24.5 Å². The van der Waals surface area contributed by atoms with Crippen LogP contribution in [0.25, 0.3) is 0 Å². The molecule has 2 atom stereocenters. The Hall–Kier alpha value is -0.800. The Morgan fingerprint density at radius 3 is 2.85 bits per heavy atom. The highest BCUT2D eigenvalue weighted by Crippen LogP contribution is 2.31. The lowest BCUT2D eigenvalue weighted by atomic mass is 9.95. The summed E-state index contributed by atoms with van der Waals surface area (Å²) in [6, 6.07) is 5.97. The van der Waals surface area contributed by atoms with Crippen molar-refractivity contribution in [3.8, 4) is 0 Å². The predicted octanol–water partition coefficient (Wildman–Crippen LogP) is 3.93. The zero-order valence-electron chi connectivity index (χ0n) is 12.0. The topological polar surface area (TPSA) is 6.48 Å². The molecule has 110 valence electrons. The quantitative estimate of drug-likeness (QED) is 0.816. The average molecular weight is 297 g/mol. The van der Waals surface area contributed by atoms with Crippen molar-refractivity contribution in [3.05, 3.63) is 29.0 Å². The molecule has 2 fully saturated rings. The fraction of sp³-hybridized carbons (Fsp3) is 0.625. The summed E-state index contributed by atoms with van der Waals surface area (Å²) in [5, 5.41) is 0.487. The Balaban J connectivity index is 1.86. The summed E-state index contributed by atoms with van der Waals surface area (Å²) < 4.78 is 13.6. The lowest BCUT2D eigenvalue weighted by Crippen LogP contribution is -2.59.